The first-order valence-electron chi connectivity index (χ1n) is 3.37. The monoisotopic (exact) mass is 129 g/mol. The average Bonchev–Trinajstić information content (AvgIpc) is 1.97. The molecule has 0 bridgehead atoms. The highest BCUT2D eigenvalue weighted by Gasteiger charge is 2.05. The first-order valence-corrected chi connectivity index (χ1v) is 3.37. The highest BCUT2D eigenvalue weighted by Crippen LogP contribution is 1.87. The smallest absolute Gasteiger partial charge is 0.0488 e. The summed E-state index contributed by atoms with van der Waals surface area (Å²) >= 11 is 0. The number of nitrogens with zero attached hydrogens (tertiary/aromatic N) is 2. The highest BCUT2D eigenvalue weighted by molar-refractivity contribution is 4.59. The molecule has 1 fully saturated rings. The van der Waals surface area contributed by atoms with Gasteiger partial charge in [0, 0.05) is 26.4 Å². The van der Waals surface area contributed by atoms with Crippen LogP contribution in [0.3, 0.4) is 0 Å². The summed E-state index contributed by atoms with van der Waals surface area (Å²) in [5.74, 6) is 0. The van der Waals surface area contributed by atoms with E-state index in [-0.39, 0.29) is 0 Å². The predicted molar refractivity (Wildman–Crippen MR) is 38.1 cm³/mol. The van der Waals surface area contributed by atoms with E-state index in [0.29, 0.717) is 0 Å². The quantitative estimate of drug-likeness (QED) is 0.470. The lowest BCUT2D eigenvalue weighted by atomic mass is 10.5. The van der Waals surface area contributed by atoms with Crippen LogP contribution < -0.4 is 5.32 Å². The van der Waals surface area contributed by atoms with E-state index in [9.17, 15) is 0 Å². The van der Waals surface area contributed by atoms with Gasteiger partial charge in [0.05, 0.1) is 0 Å². The zero-order valence-electron chi connectivity index (χ0n) is 6.22. The predicted octanol–water partition coefficient (Wildman–Crippen LogP) is -0.632. The lowest BCUT2D eigenvalue weighted by molar-refractivity contribution is 0.320. The van der Waals surface area contributed by atoms with Gasteiger partial charge in [0.15, 0.2) is 0 Å². The van der Waals surface area contributed by atoms with Crippen LogP contribution in [0.2, 0.25) is 0 Å². The molecule has 0 amide bonds. The summed E-state index contributed by atoms with van der Waals surface area (Å²) in [5, 5.41) is 3.30. The van der Waals surface area contributed by atoms with Crippen molar-refractivity contribution in [2.45, 2.75) is 0 Å². The lowest BCUT2D eigenvalue weighted by Gasteiger charge is -2.12. The molecule has 0 aromatic rings. The van der Waals surface area contributed by atoms with Gasteiger partial charge in [-0.15, -0.1) is 0 Å². The average molecular weight is 129 g/mol. The van der Waals surface area contributed by atoms with Gasteiger partial charge >= 0.3 is 0 Å². The molecule has 1 rings (SSSR count). The Morgan fingerprint density at radius 2 is 1.44 bits per heavy atom. The molecule has 1 saturated heterocycles. The van der Waals surface area contributed by atoms with Gasteiger partial charge in [0.25, 0.3) is 0 Å². The van der Waals surface area contributed by atoms with Gasteiger partial charge in [-0.25, -0.2) is 0 Å². The topological polar surface area (TPSA) is 18.5 Å². The van der Waals surface area contributed by atoms with Gasteiger partial charge in [-0.3, -0.25) is 15.1 Å². The molecule has 3 nitrogen and oxygen atoms in total. The third-order valence-corrected chi connectivity index (χ3v) is 1.63. The number of hydrogen-bond donors (Lipinski definition) is 1. The van der Waals surface area contributed by atoms with Gasteiger partial charge in [-0.2, -0.15) is 0 Å². The molecule has 0 radical (unpaired) electrons. The SMILES string of the molecule is CN1CCN(C)CNC1. The van der Waals surface area contributed by atoms with Crippen molar-refractivity contribution >= 4 is 0 Å². The Kier molecular flexibility index (Phi) is 2.45. The molecule has 0 aromatic carbocycles. The van der Waals surface area contributed by atoms with Crippen LogP contribution in [0.4, 0.5) is 0 Å². The van der Waals surface area contributed by atoms with Crippen molar-refractivity contribution in [2.24, 2.45) is 0 Å². The summed E-state index contributed by atoms with van der Waals surface area (Å²) in [6.07, 6.45) is 0. The molecule has 1 aliphatic heterocycles. The Labute approximate surface area is 56.6 Å². The van der Waals surface area contributed by atoms with Crippen LogP contribution in [0.5, 0.6) is 0 Å². The van der Waals surface area contributed by atoms with Crippen molar-refractivity contribution in [3.63, 3.8) is 0 Å². The third-order valence-electron chi connectivity index (χ3n) is 1.63. The fraction of sp³-hybridized carbons (Fsp3) is 1.00. The van der Waals surface area contributed by atoms with Crippen molar-refractivity contribution in [3.05, 3.63) is 0 Å². The third kappa shape index (κ3) is 2.30. The van der Waals surface area contributed by atoms with E-state index < -0.39 is 0 Å². The maximum Gasteiger partial charge on any atom is 0.0488 e. The van der Waals surface area contributed by atoms with Crippen LogP contribution in [0.25, 0.3) is 0 Å². The van der Waals surface area contributed by atoms with Crippen molar-refractivity contribution in [1.82, 2.24) is 15.1 Å². The molecule has 0 unspecified atom stereocenters. The number of likely N-dealkylation sites (N-methyl/N-ethyl adjacent to an activating group) is 2. The van der Waals surface area contributed by atoms with Gasteiger partial charge in [-0.05, 0) is 14.1 Å². The maximum atomic E-state index is 3.30. The van der Waals surface area contributed by atoms with Crippen LogP contribution in [0.1, 0.15) is 0 Å². The van der Waals surface area contributed by atoms with Crippen LogP contribution >= 0.6 is 0 Å². The van der Waals surface area contributed by atoms with Crippen LogP contribution in [0.15, 0.2) is 0 Å². The summed E-state index contributed by atoms with van der Waals surface area (Å²) in [6.45, 7) is 4.38. The van der Waals surface area contributed by atoms with Gasteiger partial charge in [0.2, 0.25) is 0 Å². The minimum atomic E-state index is 1.02. The molecule has 1 heterocycles. The second kappa shape index (κ2) is 3.15. The number of rotatable bonds is 0. The largest absolute Gasteiger partial charge is 0.292 e. The number of nitrogens with one attached hydrogen (secondary N) is 1. The minimum Gasteiger partial charge on any atom is -0.292 e. The van der Waals surface area contributed by atoms with E-state index in [0.717, 1.165) is 13.3 Å². The van der Waals surface area contributed by atoms with Crippen molar-refractivity contribution < 1.29 is 0 Å². The molecule has 0 aliphatic carbocycles. The minimum absolute atomic E-state index is 1.02. The normalized spacial score (nSPS) is 26.0. The second-order valence-corrected chi connectivity index (χ2v) is 2.73. The van der Waals surface area contributed by atoms with Crippen molar-refractivity contribution in [3.8, 4) is 0 Å². The zero-order valence-corrected chi connectivity index (χ0v) is 6.22. The van der Waals surface area contributed by atoms with Crippen LogP contribution in [-0.2, 0) is 0 Å². The Hall–Kier alpha value is -0.120. The lowest BCUT2D eigenvalue weighted by Crippen LogP contribution is -2.30. The highest BCUT2D eigenvalue weighted by atomic mass is 15.3. The molecule has 54 valence electrons. The maximum absolute atomic E-state index is 3.30. The summed E-state index contributed by atoms with van der Waals surface area (Å²) in [7, 11) is 4.26. The Morgan fingerprint density at radius 1 is 1.00 bits per heavy atom. The standard InChI is InChI=1S/C6H15N3/c1-8-3-4-9(2)6-7-5-8/h7H,3-6H2,1-2H3. The molecule has 9 heavy (non-hydrogen) atoms. The fourth-order valence-electron chi connectivity index (χ4n) is 0.931. The van der Waals surface area contributed by atoms with E-state index in [2.05, 4.69) is 29.2 Å². The van der Waals surface area contributed by atoms with Crippen LogP contribution in [0, 0.1) is 0 Å². The molecule has 3 heteroatoms. The second-order valence-electron chi connectivity index (χ2n) is 2.73. The molecule has 0 spiro atoms. The van der Waals surface area contributed by atoms with E-state index in [4.69, 9.17) is 0 Å². The molecule has 1 N–H and O–H groups in total. The van der Waals surface area contributed by atoms with Crippen molar-refractivity contribution in [1.29, 1.82) is 0 Å². The molecule has 0 atom stereocenters. The Morgan fingerprint density at radius 3 is 1.89 bits per heavy atom. The Bertz CT molecular complexity index is 74.4. The van der Waals surface area contributed by atoms with Gasteiger partial charge < -0.3 is 0 Å². The first kappa shape index (κ1) is 6.99. The van der Waals surface area contributed by atoms with E-state index in [1.165, 1.54) is 13.1 Å². The summed E-state index contributed by atoms with van der Waals surface area (Å²) < 4.78 is 0. The molecular formula is C6H15N3. The van der Waals surface area contributed by atoms with Gasteiger partial charge in [0.1, 0.15) is 0 Å². The Balaban J connectivity index is 2.25. The molecule has 0 aromatic heterocycles. The van der Waals surface area contributed by atoms with E-state index >= 15 is 0 Å². The first-order chi connectivity index (χ1) is 4.29. The molecule has 0 saturated carbocycles. The van der Waals surface area contributed by atoms with Gasteiger partial charge in [-0.1, -0.05) is 0 Å². The molecular weight excluding hydrogens is 114 g/mol. The summed E-state index contributed by atoms with van der Waals surface area (Å²) in [5.41, 5.74) is 0. The zero-order chi connectivity index (χ0) is 6.69. The fourth-order valence-corrected chi connectivity index (χ4v) is 0.931. The van der Waals surface area contributed by atoms with Crippen LogP contribution in [-0.4, -0.2) is 50.3 Å². The molecule has 1 aliphatic rings. The number of hydrogen-bond acceptors (Lipinski definition) is 3. The van der Waals surface area contributed by atoms with E-state index in [1.54, 1.807) is 0 Å². The summed E-state index contributed by atoms with van der Waals surface area (Å²) in [6, 6.07) is 0. The van der Waals surface area contributed by atoms with Crippen molar-refractivity contribution in [2.75, 3.05) is 40.5 Å². The summed E-state index contributed by atoms with van der Waals surface area (Å²) in [4.78, 5) is 4.56. The van der Waals surface area contributed by atoms with E-state index in [1.807, 2.05) is 0 Å².